The maximum absolute atomic E-state index is 7.48. The first-order chi connectivity index (χ1) is 5.15. The van der Waals surface area contributed by atoms with Crippen LogP contribution in [0.25, 0.3) is 0 Å². The Balaban J connectivity index is 3.03. The van der Waals surface area contributed by atoms with Crippen LogP contribution in [0.4, 0.5) is 5.82 Å². The molecule has 0 aliphatic carbocycles. The molecular weight excluding hydrogens is 197 g/mol. The Morgan fingerprint density at radius 3 is 2.82 bits per heavy atom. The number of nitrogens with one attached hydrogen (secondary N) is 1. The Morgan fingerprint density at radius 1 is 1.82 bits per heavy atom. The van der Waals surface area contributed by atoms with Gasteiger partial charge in [0.2, 0.25) is 0 Å². The fourth-order valence-electron chi connectivity index (χ4n) is 0.605. The molecule has 6 heteroatoms. The zero-order chi connectivity index (χ0) is 8.43. The summed E-state index contributed by atoms with van der Waals surface area (Å²) in [6, 6.07) is 0. The second kappa shape index (κ2) is 3.52. The van der Waals surface area contributed by atoms with Crippen LogP contribution in [0.15, 0.2) is 0 Å². The second-order valence-electron chi connectivity index (χ2n) is 1.80. The van der Waals surface area contributed by atoms with Crippen molar-refractivity contribution in [3.63, 3.8) is 0 Å². The van der Waals surface area contributed by atoms with Crippen LogP contribution in [0.5, 0.6) is 0 Å². The molecule has 0 saturated carbocycles. The van der Waals surface area contributed by atoms with Gasteiger partial charge >= 0.3 is 0 Å². The summed E-state index contributed by atoms with van der Waals surface area (Å²) in [6.07, 6.45) is 1.85. The molecule has 0 aromatic carbocycles. The molecular formula is C5H8N3PS2. The Morgan fingerprint density at radius 2 is 2.45 bits per heavy atom. The molecule has 0 spiro atoms. The summed E-state index contributed by atoms with van der Waals surface area (Å²) in [7, 11) is 2.47. The molecule has 60 valence electrons. The van der Waals surface area contributed by atoms with Crippen LogP contribution in [-0.2, 0) is 0 Å². The number of hydrogen-bond acceptors (Lipinski definition) is 5. The van der Waals surface area contributed by atoms with E-state index >= 15 is 0 Å². The molecule has 0 aliphatic rings. The lowest BCUT2D eigenvalue weighted by Crippen LogP contribution is -1.95. The van der Waals surface area contributed by atoms with E-state index in [0.29, 0.717) is 10.9 Å². The number of anilines is 1. The summed E-state index contributed by atoms with van der Waals surface area (Å²) in [5.41, 5.74) is 5.55. The first kappa shape index (κ1) is 8.97. The normalized spacial score (nSPS) is 10.0. The van der Waals surface area contributed by atoms with Gasteiger partial charge in [-0.25, -0.2) is 4.98 Å². The first-order valence-electron chi connectivity index (χ1n) is 2.80. The van der Waals surface area contributed by atoms with Gasteiger partial charge in [0, 0.05) is 0 Å². The molecule has 0 fully saturated rings. The van der Waals surface area contributed by atoms with Crippen molar-refractivity contribution >= 4 is 47.9 Å². The Kier molecular flexibility index (Phi) is 2.87. The van der Waals surface area contributed by atoms with E-state index in [0.717, 1.165) is 9.63 Å². The Hall–Kier alpha value is -0.120. The first-order valence-corrected chi connectivity index (χ1v) is 5.41. The van der Waals surface area contributed by atoms with Gasteiger partial charge in [-0.2, -0.15) is 0 Å². The number of rotatable bonds is 1. The van der Waals surface area contributed by atoms with Gasteiger partial charge in [0.15, 0.2) is 0 Å². The lowest BCUT2D eigenvalue weighted by Gasteiger charge is -1.93. The highest BCUT2D eigenvalue weighted by Crippen LogP contribution is 2.20. The molecule has 1 aromatic heterocycles. The largest absolute Gasteiger partial charge is 0.382 e. The molecule has 11 heavy (non-hydrogen) atoms. The average Bonchev–Trinajstić information content (AvgIpc) is 2.28. The molecule has 0 amide bonds. The monoisotopic (exact) mass is 205 g/mol. The van der Waals surface area contributed by atoms with Crippen molar-refractivity contribution in [2.45, 2.75) is 0 Å². The molecule has 1 unspecified atom stereocenters. The zero-order valence-electron chi connectivity index (χ0n) is 5.92. The lowest BCUT2D eigenvalue weighted by atomic mass is 10.5. The van der Waals surface area contributed by atoms with E-state index in [-0.39, 0.29) is 0 Å². The third-order valence-electron chi connectivity index (χ3n) is 1.08. The highest BCUT2D eigenvalue weighted by Gasteiger charge is 2.09. The van der Waals surface area contributed by atoms with Crippen LogP contribution in [0, 0.1) is 5.41 Å². The van der Waals surface area contributed by atoms with Crippen molar-refractivity contribution < 1.29 is 0 Å². The maximum atomic E-state index is 7.48. The number of nitrogens with zero attached hydrogens (tertiary/aromatic N) is 1. The Bertz CT molecular complexity index is 283. The van der Waals surface area contributed by atoms with Crippen LogP contribution < -0.4 is 10.5 Å². The molecule has 0 saturated heterocycles. The van der Waals surface area contributed by atoms with Crippen molar-refractivity contribution in [2.75, 3.05) is 12.0 Å². The minimum Gasteiger partial charge on any atom is -0.382 e. The molecule has 1 aromatic rings. The number of nitrogen functional groups attached to an aromatic ring is 1. The van der Waals surface area contributed by atoms with E-state index in [1.54, 1.807) is 0 Å². The quantitative estimate of drug-likeness (QED) is 0.407. The molecule has 0 radical (unpaired) electrons. The van der Waals surface area contributed by atoms with Gasteiger partial charge in [-0.05, 0) is 6.26 Å². The molecule has 3 nitrogen and oxygen atoms in total. The summed E-state index contributed by atoms with van der Waals surface area (Å²) >= 11 is 2.80. The molecule has 1 atom stereocenters. The number of nitrogens with two attached hydrogens (primary N) is 1. The van der Waals surface area contributed by atoms with Crippen LogP contribution in [0.2, 0.25) is 0 Å². The predicted octanol–water partition coefficient (Wildman–Crippen LogP) is 0.914. The molecule has 1 heterocycles. The van der Waals surface area contributed by atoms with Crippen molar-refractivity contribution in [1.82, 2.24) is 4.98 Å². The average molecular weight is 205 g/mol. The topological polar surface area (TPSA) is 62.8 Å². The van der Waals surface area contributed by atoms with E-state index in [2.05, 4.69) is 14.2 Å². The van der Waals surface area contributed by atoms with E-state index in [1.807, 2.05) is 6.26 Å². The fourth-order valence-corrected chi connectivity index (χ4v) is 2.36. The molecule has 0 aliphatic heterocycles. The number of aromatic nitrogens is 1. The van der Waals surface area contributed by atoms with Gasteiger partial charge in [0.25, 0.3) is 0 Å². The van der Waals surface area contributed by atoms with Gasteiger partial charge in [-0.1, -0.05) is 9.24 Å². The summed E-state index contributed by atoms with van der Waals surface area (Å²) in [4.78, 5) is 4.75. The molecule has 3 N–H and O–H groups in total. The van der Waals surface area contributed by atoms with Crippen molar-refractivity contribution in [1.29, 1.82) is 5.41 Å². The minimum absolute atomic E-state index is 0.458. The van der Waals surface area contributed by atoms with Gasteiger partial charge in [-0.15, -0.1) is 23.1 Å². The number of thiazole rings is 1. The summed E-state index contributed by atoms with van der Waals surface area (Å²) in [5.74, 6) is 0.458. The SMILES string of the molecule is CSC(=N)c1sc(P)nc1N. The standard InChI is InChI=1S/C5H8N3PS2/c1-10-4(7)2-3(6)8-5(9)11-2/h7H,6,9H2,1H3. The smallest absolute Gasteiger partial charge is 0.145 e. The number of hydrogen-bond donors (Lipinski definition) is 2. The van der Waals surface area contributed by atoms with Gasteiger partial charge in [-0.3, -0.25) is 5.41 Å². The van der Waals surface area contributed by atoms with Crippen molar-refractivity contribution in [2.24, 2.45) is 0 Å². The Labute approximate surface area is 75.5 Å². The van der Waals surface area contributed by atoms with E-state index in [1.165, 1.54) is 23.1 Å². The van der Waals surface area contributed by atoms with Crippen molar-refractivity contribution in [3.8, 4) is 0 Å². The van der Waals surface area contributed by atoms with Gasteiger partial charge in [0.05, 0.1) is 0 Å². The highest BCUT2D eigenvalue weighted by atomic mass is 32.2. The van der Waals surface area contributed by atoms with E-state index in [4.69, 9.17) is 11.1 Å². The lowest BCUT2D eigenvalue weighted by molar-refractivity contribution is 1.46. The van der Waals surface area contributed by atoms with Crippen LogP contribution in [-0.4, -0.2) is 16.3 Å². The van der Waals surface area contributed by atoms with Gasteiger partial charge < -0.3 is 5.73 Å². The van der Waals surface area contributed by atoms with Crippen LogP contribution >= 0.6 is 32.3 Å². The predicted molar refractivity (Wildman–Crippen MR) is 56.2 cm³/mol. The number of thioether (sulfide) groups is 1. The van der Waals surface area contributed by atoms with Crippen molar-refractivity contribution in [3.05, 3.63) is 4.88 Å². The molecule has 0 bridgehead atoms. The van der Waals surface area contributed by atoms with E-state index in [9.17, 15) is 0 Å². The van der Waals surface area contributed by atoms with Crippen LogP contribution in [0.3, 0.4) is 0 Å². The summed E-state index contributed by atoms with van der Waals surface area (Å²) in [5, 5.41) is 7.96. The second-order valence-corrected chi connectivity index (χ2v) is 4.61. The third kappa shape index (κ3) is 1.92. The highest BCUT2D eigenvalue weighted by molar-refractivity contribution is 8.14. The minimum atomic E-state index is 0.458. The molecule has 1 rings (SSSR count). The van der Waals surface area contributed by atoms with Gasteiger partial charge in [0.1, 0.15) is 20.5 Å². The fraction of sp³-hybridized carbons (Fsp3) is 0.200. The third-order valence-corrected chi connectivity index (χ3v) is 3.22. The van der Waals surface area contributed by atoms with E-state index < -0.39 is 0 Å². The summed E-state index contributed by atoms with van der Waals surface area (Å²) in [6.45, 7) is 0. The zero-order valence-corrected chi connectivity index (χ0v) is 8.71. The summed E-state index contributed by atoms with van der Waals surface area (Å²) < 4.78 is 0.830. The maximum Gasteiger partial charge on any atom is 0.145 e. The van der Waals surface area contributed by atoms with Crippen LogP contribution in [0.1, 0.15) is 4.88 Å².